The summed E-state index contributed by atoms with van der Waals surface area (Å²) in [6.07, 6.45) is 2.92. The molecule has 0 spiro atoms. The van der Waals surface area contributed by atoms with Crippen LogP contribution in [0.4, 0.5) is 0 Å². The minimum atomic E-state index is -3.37. The van der Waals surface area contributed by atoms with Crippen LogP contribution in [0.25, 0.3) is 0 Å². The van der Waals surface area contributed by atoms with Gasteiger partial charge in [0.25, 0.3) is 0 Å². The molecule has 1 aliphatic rings. The fraction of sp³-hybridized carbons (Fsp3) is 0.733. The van der Waals surface area contributed by atoms with E-state index in [1.807, 2.05) is 6.07 Å². The average molecular weight is 331 g/mol. The average Bonchev–Trinajstić information content (AvgIpc) is 2.93. The normalized spacial score (nSPS) is 22.0. The maximum absolute atomic E-state index is 12.4. The molecule has 1 unspecified atom stereocenters. The van der Waals surface area contributed by atoms with Crippen LogP contribution < -0.4 is 10.0 Å². The molecule has 1 saturated carbocycles. The lowest BCUT2D eigenvalue weighted by Crippen LogP contribution is -2.33. The maximum Gasteiger partial charge on any atom is 0.250 e. The maximum atomic E-state index is 12.4. The highest BCUT2D eigenvalue weighted by atomic mass is 32.2. The van der Waals surface area contributed by atoms with E-state index >= 15 is 0 Å². The first kappa shape index (κ1) is 16.9. The highest BCUT2D eigenvalue weighted by Gasteiger charge is 2.33. The molecule has 0 radical (unpaired) electrons. The molecule has 2 rings (SSSR count). The Morgan fingerprint density at radius 1 is 1.38 bits per heavy atom. The molecular formula is C15H26N2O2S2. The van der Waals surface area contributed by atoms with Gasteiger partial charge in [-0.1, -0.05) is 27.7 Å². The molecule has 1 heterocycles. The molecule has 120 valence electrons. The molecule has 4 nitrogen and oxygen atoms in total. The Kier molecular flexibility index (Phi) is 5.13. The molecule has 1 aromatic heterocycles. The number of thiophene rings is 1. The molecule has 1 aliphatic carbocycles. The van der Waals surface area contributed by atoms with E-state index in [1.165, 1.54) is 11.3 Å². The van der Waals surface area contributed by atoms with Gasteiger partial charge < -0.3 is 5.32 Å². The third-order valence-electron chi connectivity index (χ3n) is 3.88. The Hall–Kier alpha value is -0.430. The molecule has 6 heteroatoms. The summed E-state index contributed by atoms with van der Waals surface area (Å²) in [6, 6.07) is 4.08. The van der Waals surface area contributed by atoms with Crippen molar-refractivity contribution in [2.45, 2.75) is 69.8 Å². The van der Waals surface area contributed by atoms with Gasteiger partial charge in [-0.15, -0.1) is 11.3 Å². The van der Waals surface area contributed by atoms with Crippen LogP contribution in [-0.4, -0.2) is 20.5 Å². The van der Waals surface area contributed by atoms with Gasteiger partial charge in [-0.25, -0.2) is 13.1 Å². The second kappa shape index (κ2) is 6.36. The molecule has 0 bridgehead atoms. The summed E-state index contributed by atoms with van der Waals surface area (Å²) in [6.45, 7) is 9.27. The van der Waals surface area contributed by atoms with E-state index in [4.69, 9.17) is 0 Å². The third kappa shape index (κ3) is 4.77. The van der Waals surface area contributed by atoms with Crippen molar-refractivity contribution in [3.63, 3.8) is 0 Å². The lowest BCUT2D eigenvalue weighted by molar-refractivity contribution is 0.372. The van der Waals surface area contributed by atoms with Crippen molar-refractivity contribution in [2.24, 2.45) is 5.41 Å². The van der Waals surface area contributed by atoms with Crippen molar-refractivity contribution in [1.82, 2.24) is 10.0 Å². The zero-order chi connectivity index (χ0) is 15.7. The molecule has 0 amide bonds. The summed E-state index contributed by atoms with van der Waals surface area (Å²) in [5, 5.41) is 3.31. The largest absolute Gasteiger partial charge is 0.310 e. The van der Waals surface area contributed by atoms with Gasteiger partial charge in [0.05, 0.1) is 0 Å². The van der Waals surface area contributed by atoms with Gasteiger partial charge in [0, 0.05) is 23.5 Å². The van der Waals surface area contributed by atoms with Gasteiger partial charge in [0.2, 0.25) is 10.0 Å². The fourth-order valence-corrected chi connectivity index (χ4v) is 5.31. The Morgan fingerprint density at radius 3 is 2.67 bits per heavy atom. The number of hydrogen-bond donors (Lipinski definition) is 2. The van der Waals surface area contributed by atoms with Crippen LogP contribution in [0.15, 0.2) is 16.3 Å². The van der Waals surface area contributed by atoms with E-state index in [0.717, 1.165) is 24.1 Å². The molecule has 0 aromatic carbocycles. The van der Waals surface area contributed by atoms with E-state index < -0.39 is 10.0 Å². The Morgan fingerprint density at radius 2 is 2.10 bits per heavy atom. The van der Waals surface area contributed by atoms with Crippen LogP contribution in [0.2, 0.25) is 0 Å². The van der Waals surface area contributed by atoms with Crippen LogP contribution >= 0.6 is 11.3 Å². The van der Waals surface area contributed by atoms with Gasteiger partial charge in [-0.3, -0.25) is 0 Å². The quantitative estimate of drug-likeness (QED) is 0.842. The lowest BCUT2D eigenvalue weighted by atomic mass is 9.92. The predicted molar refractivity (Wildman–Crippen MR) is 88.0 cm³/mol. The van der Waals surface area contributed by atoms with Crippen molar-refractivity contribution in [3.8, 4) is 0 Å². The van der Waals surface area contributed by atoms with Crippen LogP contribution in [0.3, 0.4) is 0 Å². The van der Waals surface area contributed by atoms with E-state index in [2.05, 4.69) is 37.7 Å². The van der Waals surface area contributed by atoms with Crippen LogP contribution in [0.1, 0.15) is 51.8 Å². The fourth-order valence-electron chi connectivity index (χ4n) is 2.72. The Bertz CT molecular complexity index is 576. The first-order valence-electron chi connectivity index (χ1n) is 7.52. The second-order valence-electron chi connectivity index (χ2n) is 6.98. The molecule has 1 fully saturated rings. The topological polar surface area (TPSA) is 58.2 Å². The van der Waals surface area contributed by atoms with Gasteiger partial charge in [-0.05, 0) is 36.8 Å². The second-order valence-corrected chi connectivity index (χ2v) is 10.1. The monoisotopic (exact) mass is 330 g/mol. The van der Waals surface area contributed by atoms with Crippen molar-refractivity contribution in [1.29, 1.82) is 0 Å². The SMILES string of the molecule is CC(C)NCc1ccc(S(=O)(=O)NC2CCC(C)(C)C2)s1. The summed E-state index contributed by atoms with van der Waals surface area (Å²) < 4.78 is 28.2. The standard InChI is InChI=1S/C15H26N2O2S2/c1-11(2)16-10-13-5-6-14(20-13)21(18,19)17-12-7-8-15(3,4)9-12/h5-6,11-12,16-17H,7-10H2,1-4H3. The molecule has 1 aromatic rings. The summed E-state index contributed by atoms with van der Waals surface area (Å²) in [5.41, 5.74) is 0.245. The number of hydrogen-bond acceptors (Lipinski definition) is 4. The van der Waals surface area contributed by atoms with Crippen molar-refractivity contribution in [2.75, 3.05) is 0 Å². The smallest absolute Gasteiger partial charge is 0.250 e. The zero-order valence-corrected chi connectivity index (χ0v) is 14.9. The van der Waals surface area contributed by atoms with Gasteiger partial charge in [-0.2, -0.15) is 0 Å². The summed E-state index contributed by atoms with van der Waals surface area (Å²) in [7, 11) is -3.37. The van der Waals surface area contributed by atoms with Gasteiger partial charge in [0.1, 0.15) is 4.21 Å². The van der Waals surface area contributed by atoms with E-state index in [0.29, 0.717) is 16.8 Å². The minimum absolute atomic E-state index is 0.0735. The molecule has 21 heavy (non-hydrogen) atoms. The third-order valence-corrected chi connectivity index (χ3v) is 6.97. The summed E-state index contributed by atoms with van der Waals surface area (Å²) in [4.78, 5) is 1.05. The molecule has 1 atom stereocenters. The molecule has 0 aliphatic heterocycles. The van der Waals surface area contributed by atoms with Crippen LogP contribution in [0.5, 0.6) is 0 Å². The minimum Gasteiger partial charge on any atom is -0.310 e. The van der Waals surface area contributed by atoms with Gasteiger partial charge in [0.15, 0.2) is 0 Å². The Labute approximate surface area is 132 Å². The van der Waals surface area contributed by atoms with Crippen molar-refractivity contribution >= 4 is 21.4 Å². The predicted octanol–water partition coefficient (Wildman–Crippen LogP) is 3.10. The van der Waals surface area contributed by atoms with Crippen molar-refractivity contribution in [3.05, 3.63) is 17.0 Å². The van der Waals surface area contributed by atoms with E-state index in [9.17, 15) is 8.42 Å². The zero-order valence-electron chi connectivity index (χ0n) is 13.3. The Balaban J connectivity index is 2.00. The first-order chi connectivity index (χ1) is 9.68. The number of rotatable bonds is 6. The summed E-state index contributed by atoms with van der Waals surface area (Å²) >= 11 is 1.35. The van der Waals surface area contributed by atoms with E-state index in [-0.39, 0.29) is 11.5 Å². The molecular weight excluding hydrogens is 304 g/mol. The molecule has 0 saturated heterocycles. The van der Waals surface area contributed by atoms with Crippen LogP contribution in [-0.2, 0) is 16.6 Å². The highest BCUT2D eigenvalue weighted by Crippen LogP contribution is 2.37. The highest BCUT2D eigenvalue weighted by molar-refractivity contribution is 7.91. The first-order valence-corrected chi connectivity index (χ1v) is 9.82. The number of nitrogens with one attached hydrogen (secondary N) is 2. The van der Waals surface area contributed by atoms with E-state index in [1.54, 1.807) is 6.07 Å². The number of sulfonamides is 1. The van der Waals surface area contributed by atoms with Crippen molar-refractivity contribution < 1.29 is 8.42 Å². The summed E-state index contributed by atoms with van der Waals surface area (Å²) in [5.74, 6) is 0. The lowest BCUT2D eigenvalue weighted by Gasteiger charge is -2.17. The molecule has 2 N–H and O–H groups in total. The van der Waals surface area contributed by atoms with Gasteiger partial charge >= 0.3 is 0 Å². The van der Waals surface area contributed by atoms with Crippen LogP contribution in [0, 0.1) is 5.41 Å².